The lowest BCUT2D eigenvalue weighted by Crippen LogP contribution is -2.39. The van der Waals surface area contributed by atoms with Gasteiger partial charge >= 0.3 is 0 Å². The first-order valence-electron chi connectivity index (χ1n) is 6.68. The van der Waals surface area contributed by atoms with Crippen LogP contribution in [0.3, 0.4) is 0 Å². The van der Waals surface area contributed by atoms with Crippen LogP contribution in [0.5, 0.6) is 0 Å². The van der Waals surface area contributed by atoms with Gasteiger partial charge in [-0.1, -0.05) is 0 Å². The van der Waals surface area contributed by atoms with Crippen LogP contribution >= 0.6 is 11.8 Å². The van der Waals surface area contributed by atoms with Gasteiger partial charge in [0.05, 0.1) is 15.9 Å². The van der Waals surface area contributed by atoms with Crippen LogP contribution in [-0.2, 0) is 0 Å². The van der Waals surface area contributed by atoms with Crippen LogP contribution in [0.2, 0.25) is 0 Å². The van der Waals surface area contributed by atoms with Crippen molar-refractivity contribution in [1.82, 2.24) is 4.90 Å². The third kappa shape index (κ3) is 3.54. The summed E-state index contributed by atoms with van der Waals surface area (Å²) in [5, 5.41) is 20.3. The Morgan fingerprint density at radius 3 is 2.71 bits per heavy atom. The molecular formula is C14H18N2O4S. The molecule has 0 spiro atoms. The van der Waals surface area contributed by atoms with Crippen LogP contribution in [0.4, 0.5) is 5.69 Å². The molecule has 0 aliphatic heterocycles. The van der Waals surface area contributed by atoms with Crippen molar-refractivity contribution in [2.24, 2.45) is 5.92 Å². The number of hydrogen-bond donors (Lipinski definition) is 1. The molecule has 0 aromatic heterocycles. The van der Waals surface area contributed by atoms with Gasteiger partial charge in [-0.3, -0.25) is 14.9 Å². The number of carbonyl (C=O) groups excluding carboxylic acids is 1. The van der Waals surface area contributed by atoms with Gasteiger partial charge in [0.15, 0.2) is 0 Å². The van der Waals surface area contributed by atoms with Crippen LogP contribution in [0, 0.1) is 16.0 Å². The first kappa shape index (κ1) is 15.8. The van der Waals surface area contributed by atoms with Gasteiger partial charge in [-0.15, -0.1) is 11.8 Å². The van der Waals surface area contributed by atoms with E-state index >= 15 is 0 Å². The number of aliphatic hydroxyl groups excluding tert-OH is 1. The van der Waals surface area contributed by atoms with E-state index < -0.39 is 4.92 Å². The second kappa shape index (κ2) is 6.44. The fraction of sp³-hybridized carbons (Fsp3) is 0.500. The molecule has 1 aliphatic rings. The minimum absolute atomic E-state index is 0.0409. The van der Waals surface area contributed by atoms with Crippen molar-refractivity contribution >= 4 is 23.4 Å². The predicted molar refractivity (Wildman–Crippen MR) is 80.6 cm³/mol. The van der Waals surface area contributed by atoms with Crippen LogP contribution in [0.1, 0.15) is 23.2 Å². The monoisotopic (exact) mass is 310 g/mol. The summed E-state index contributed by atoms with van der Waals surface area (Å²) in [6.07, 6.45) is 2.94. The van der Waals surface area contributed by atoms with Gasteiger partial charge in [0, 0.05) is 25.2 Å². The third-order valence-electron chi connectivity index (χ3n) is 3.71. The fourth-order valence-corrected chi connectivity index (χ4v) is 3.05. The van der Waals surface area contributed by atoms with E-state index in [-0.39, 0.29) is 17.7 Å². The molecule has 1 amide bonds. The number of benzene rings is 1. The van der Waals surface area contributed by atoms with Crippen molar-refractivity contribution in [2.75, 3.05) is 19.8 Å². The molecule has 7 heteroatoms. The molecule has 6 nitrogen and oxygen atoms in total. The molecule has 0 heterocycles. The molecule has 0 unspecified atom stereocenters. The molecule has 1 aromatic carbocycles. The molecule has 21 heavy (non-hydrogen) atoms. The number of nitro benzene ring substituents is 1. The lowest BCUT2D eigenvalue weighted by Gasteiger charge is -2.34. The largest absolute Gasteiger partial charge is 0.393 e. The summed E-state index contributed by atoms with van der Waals surface area (Å²) >= 11 is 1.28. The maximum absolute atomic E-state index is 12.3. The summed E-state index contributed by atoms with van der Waals surface area (Å²) < 4.78 is 0. The molecule has 1 fully saturated rings. The van der Waals surface area contributed by atoms with Gasteiger partial charge in [-0.25, -0.2) is 0 Å². The van der Waals surface area contributed by atoms with Crippen molar-refractivity contribution in [1.29, 1.82) is 0 Å². The molecule has 2 rings (SSSR count). The topological polar surface area (TPSA) is 83.7 Å². The summed E-state index contributed by atoms with van der Waals surface area (Å²) in [4.78, 5) is 25.0. The van der Waals surface area contributed by atoms with E-state index in [0.29, 0.717) is 35.8 Å². The lowest BCUT2D eigenvalue weighted by atomic mass is 9.82. The Bertz CT molecular complexity index is 558. The maximum atomic E-state index is 12.3. The summed E-state index contributed by atoms with van der Waals surface area (Å²) in [6.45, 7) is 0.563. The van der Waals surface area contributed by atoms with E-state index in [2.05, 4.69) is 0 Å². The van der Waals surface area contributed by atoms with E-state index in [0.717, 1.165) is 0 Å². The Labute approximate surface area is 127 Å². The zero-order valence-electron chi connectivity index (χ0n) is 12.0. The number of amides is 1. The van der Waals surface area contributed by atoms with E-state index in [1.54, 1.807) is 30.3 Å². The molecule has 1 aliphatic carbocycles. The molecule has 1 aromatic rings. The molecule has 1 saturated carbocycles. The van der Waals surface area contributed by atoms with E-state index in [4.69, 9.17) is 0 Å². The second-order valence-electron chi connectivity index (χ2n) is 5.32. The number of aliphatic hydroxyl groups is 1. The Morgan fingerprint density at radius 2 is 2.19 bits per heavy atom. The zero-order valence-corrected chi connectivity index (χ0v) is 12.8. The van der Waals surface area contributed by atoms with Crippen LogP contribution in [0.15, 0.2) is 23.1 Å². The van der Waals surface area contributed by atoms with Crippen LogP contribution in [-0.4, -0.2) is 46.8 Å². The molecule has 0 radical (unpaired) electrons. The van der Waals surface area contributed by atoms with Crippen molar-refractivity contribution in [3.63, 3.8) is 0 Å². The average molecular weight is 310 g/mol. The highest BCUT2D eigenvalue weighted by molar-refractivity contribution is 7.98. The van der Waals surface area contributed by atoms with Crippen LogP contribution in [0.25, 0.3) is 0 Å². The van der Waals surface area contributed by atoms with Gasteiger partial charge < -0.3 is 10.0 Å². The quantitative estimate of drug-likeness (QED) is 0.512. The van der Waals surface area contributed by atoms with Gasteiger partial charge in [-0.05, 0) is 37.1 Å². The Hall–Kier alpha value is -1.60. The highest BCUT2D eigenvalue weighted by atomic mass is 32.2. The SMILES string of the molecule is CSc1ccc(C(=O)N(C)CC2CC(O)C2)cc1[N+](=O)[O-]. The predicted octanol–water partition coefficient (Wildman–Crippen LogP) is 2.16. The summed E-state index contributed by atoms with van der Waals surface area (Å²) in [6, 6.07) is 4.56. The van der Waals surface area contributed by atoms with Crippen molar-refractivity contribution < 1.29 is 14.8 Å². The highest BCUT2D eigenvalue weighted by Gasteiger charge is 2.29. The van der Waals surface area contributed by atoms with Crippen molar-refractivity contribution in [2.45, 2.75) is 23.8 Å². The van der Waals surface area contributed by atoms with Gasteiger partial charge in [0.25, 0.3) is 11.6 Å². The first-order chi connectivity index (χ1) is 9.92. The first-order valence-corrected chi connectivity index (χ1v) is 7.90. The second-order valence-corrected chi connectivity index (χ2v) is 6.17. The number of hydrogen-bond acceptors (Lipinski definition) is 5. The van der Waals surface area contributed by atoms with E-state index in [1.165, 1.54) is 17.8 Å². The van der Waals surface area contributed by atoms with Crippen LogP contribution < -0.4 is 0 Å². The summed E-state index contributed by atoms with van der Waals surface area (Å²) in [7, 11) is 1.68. The number of thioether (sulfide) groups is 1. The molecule has 0 bridgehead atoms. The fourth-order valence-electron chi connectivity index (χ4n) is 2.51. The third-order valence-corrected chi connectivity index (χ3v) is 4.50. The number of rotatable bonds is 5. The van der Waals surface area contributed by atoms with Gasteiger partial charge in [0.1, 0.15) is 0 Å². The number of nitro groups is 1. The molecular weight excluding hydrogens is 292 g/mol. The Kier molecular flexibility index (Phi) is 4.84. The molecule has 0 saturated heterocycles. The zero-order chi connectivity index (χ0) is 15.6. The average Bonchev–Trinajstić information content (AvgIpc) is 2.43. The highest BCUT2D eigenvalue weighted by Crippen LogP contribution is 2.30. The van der Waals surface area contributed by atoms with Crippen molar-refractivity contribution in [3.05, 3.63) is 33.9 Å². The minimum atomic E-state index is -0.467. The standard InChI is InChI=1S/C14H18N2O4S/c1-15(8-9-5-11(17)6-9)14(18)10-3-4-13(21-2)12(7-10)16(19)20/h3-4,7,9,11,17H,5-6,8H2,1-2H3. The molecule has 114 valence electrons. The Balaban J connectivity index is 2.11. The number of carbonyl (C=O) groups is 1. The summed E-state index contributed by atoms with van der Waals surface area (Å²) in [5.41, 5.74) is 0.280. The normalized spacial score (nSPS) is 20.7. The minimum Gasteiger partial charge on any atom is -0.393 e. The van der Waals surface area contributed by atoms with Crippen molar-refractivity contribution in [3.8, 4) is 0 Å². The van der Waals surface area contributed by atoms with E-state index in [9.17, 15) is 20.0 Å². The van der Waals surface area contributed by atoms with Gasteiger partial charge in [-0.2, -0.15) is 0 Å². The van der Waals surface area contributed by atoms with Gasteiger partial charge in [0.2, 0.25) is 0 Å². The molecule has 0 atom stereocenters. The Morgan fingerprint density at radius 1 is 1.52 bits per heavy atom. The number of nitrogens with zero attached hydrogens (tertiary/aromatic N) is 2. The lowest BCUT2D eigenvalue weighted by molar-refractivity contribution is -0.387. The smallest absolute Gasteiger partial charge is 0.283 e. The molecule has 1 N–H and O–H groups in total. The van der Waals surface area contributed by atoms with E-state index in [1.807, 2.05) is 0 Å². The summed E-state index contributed by atoms with van der Waals surface area (Å²) in [5.74, 6) is 0.0848. The maximum Gasteiger partial charge on any atom is 0.283 e.